The van der Waals surface area contributed by atoms with Crippen molar-refractivity contribution in [1.29, 1.82) is 0 Å². The Morgan fingerprint density at radius 2 is 2.11 bits per heavy atom. The van der Waals surface area contributed by atoms with Gasteiger partial charge in [-0.1, -0.05) is 0 Å². The van der Waals surface area contributed by atoms with E-state index in [0.29, 0.717) is 5.69 Å². The van der Waals surface area contributed by atoms with Crippen molar-refractivity contribution in [2.45, 2.75) is 24.5 Å². The third kappa shape index (κ3) is 2.48. The fourth-order valence-electron chi connectivity index (χ4n) is 3.48. The van der Waals surface area contributed by atoms with Gasteiger partial charge in [0.15, 0.2) is 6.23 Å². The maximum absolute atomic E-state index is 12.3. The molecule has 4 rings (SSSR count). The number of nitrogen functional groups attached to an aromatic ring is 1. The summed E-state index contributed by atoms with van der Waals surface area (Å²) in [4.78, 5) is 23.4. The maximum Gasteiger partial charge on any atom is 0.251 e. The average Bonchev–Trinajstić information content (AvgIpc) is 3.33. The van der Waals surface area contributed by atoms with E-state index < -0.39 is 37.1 Å². The number of anilines is 1. The number of aliphatic hydroxyl groups excluding tert-OH is 3. The normalized spacial score (nSPS) is 25.3. The molecule has 11 nitrogen and oxygen atoms in total. The van der Waals surface area contributed by atoms with Crippen LogP contribution < -0.4 is 11.5 Å². The minimum Gasteiger partial charge on any atom is -0.394 e. The number of hydrogen-bond donors (Lipinski definition) is 6. The van der Waals surface area contributed by atoms with Crippen molar-refractivity contribution in [2.24, 2.45) is 5.73 Å². The molecular formula is C16H18N6O5. The van der Waals surface area contributed by atoms with Crippen molar-refractivity contribution in [3.05, 3.63) is 30.2 Å². The third-order valence-electron chi connectivity index (χ3n) is 4.68. The Morgan fingerprint density at radius 1 is 1.33 bits per heavy atom. The Kier molecular flexibility index (Phi) is 4.08. The molecule has 0 aliphatic carbocycles. The van der Waals surface area contributed by atoms with E-state index in [1.165, 1.54) is 10.9 Å². The highest BCUT2D eigenvalue weighted by Crippen LogP contribution is 2.40. The predicted octanol–water partition coefficient (Wildman–Crippen LogP) is -1.28. The first-order chi connectivity index (χ1) is 13.0. The van der Waals surface area contributed by atoms with E-state index in [1.807, 2.05) is 0 Å². The molecular weight excluding hydrogens is 356 g/mol. The van der Waals surface area contributed by atoms with Crippen LogP contribution in [0.3, 0.4) is 0 Å². The molecule has 11 heteroatoms. The Morgan fingerprint density at radius 3 is 2.70 bits per heavy atom. The van der Waals surface area contributed by atoms with Gasteiger partial charge in [0, 0.05) is 6.20 Å². The molecule has 0 radical (unpaired) electrons. The van der Waals surface area contributed by atoms with Gasteiger partial charge in [0.25, 0.3) is 5.91 Å². The number of carbonyl (C=O) groups excluding carboxylic acids is 1. The van der Waals surface area contributed by atoms with Crippen LogP contribution in [-0.4, -0.2) is 65.7 Å². The fourth-order valence-corrected chi connectivity index (χ4v) is 3.48. The molecule has 4 atom stereocenters. The molecule has 1 aliphatic rings. The van der Waals surface area contributed by atoms with Gasteiger partial charge in [-0.15, -0.1) is 0 Å². The lowest BCUT2D eigenvalue weighted by molar-refractivity contribution is -0.0501. The lowest BCUT2D eigenvalue weighted by Gasteiger charge is -2.20. The Hall–Kier alpha value is -2.99. The number of nitrogens with one attached hydrogen (secondary N) is 1. The molecule has 0 saturated carbocycles. The van der Waals surface area contributed by atoms with E-state index in [2.05, 4.69) is 15.0 Å². The van der Waals surface area contributed by atoms with Crippen LogP contribution in [0.1, 0.15) is 16.6 Å². The summed E-state index contributed by atoms with van der Waals surface area (Å²) < 4.78 is 7.08. The van der Waals surface area contributed by atoms with Gasteiger partial charge in [0.05, 0.1) is 28.9 Å². The van der Waals surface area contributed by atoms with Crippen molar-refractivity contribution >= 4 is 22.8 Å². The molecule has 8 N–H and O–H groups in total. The second kappa shape index (κ2) is 6.32. The van der Waals surface area contributed by atoms with E-state index >= 15 is 0 Å². The summed E-state index contributed by atoms with van der Waals surface area (Å²) in [6.07, 6.45) is -2.00. The number of aromatic amines is 1. The van der Waals surface area contributed by atoms with Gasteiger partial charge in [-0.25, -0.2) is 9.97 Å². The fraction of sp³-hybridized carbons (Fsp3) is 0.312. The maximum atomic E-state index is 12.3. The standard InChI is InChI=1S/C16H18N6O5/c17-13-9-8(14(18)26)10(6-2-1-3-19-6)22(15(9)21-5-20-13)16-12(25)11(24)7(4-23)27-16/h1-3,5,7,11-12,16,19,23-25H,4H2,(H2,18,26)(H2,17,20,21)/t7-,11+,12-,16-/m0/s1. The Balaban J connectivity index is 2.07. The van der Waals surface area contributed by atoms with Crippen molar-refractivity contribution in [3.8, 4) is 11.4 Å². The zero-order chi connectivity index (χ0) is 19.3. The zero-order valence-corrected chi connectivity index (χ0v) is 14.0. The summed E-state index contributed by atoms with van der Waals surface area (Å²) >= 11 is 0. The lowest BCUT2D eigenvalue weighted by Crippen LogP contribution is -2.33. The SMILES string of the molecule is NC(=O)c1c(-c2ccc[nH]2)n([C@H]2O[C@@H](CO)[C@@H](O)[C@@H]2O)c2ncnc(N)c12. The summed E-state index contributed by atoms with van der Waals surface area (Å²) in [6, 6.07) is 3.41. The number of primary amides is 1. The van der Waals surface area contributed by atoms with Crippen LogP contribution in [0.25, 0.3) is 22.4 Å². The van der Waals surface area contributed by atoms with Crippen LogP contribution in [-0.2, 0) is 4.74 Å². The highest BCUT2D eigenvalue weighted by molar-refractivity contribution is 6.14. The average molecular weight is 374 g/mol. The molecule has 0 spiro atoms. The molecule has 0 bridgehead atoms. The molecule has 1 amide bonds. The number of rotatable bonds is 4. The van der Waals surface area contributed by atoms with Gasteiger partial charge < -0.3 is 36.5 Å². The van der Waals surface area contributed by atoms with Crippen LogP contribution >= 0.6 is 0 Å². The van der Waals surface area contributed by atoms with Crippen LogP contribution in [0.15, 0.2) is 24.7 Å². The van der Waals surface area contributed by atoms with Crippen molar-refractivity contribution in [2.75, 3.05) is 12.3 Å². The Bertz CT molecular complexity index is 1000. The topological polar surface area (TPSA) is 186 Å². The minimum atomic E-state index is -1.39. The lowest BCUT2D eigenvalue weighted by atomic mass is 10.1. The van der Waals surface area contributed by atoms with Gasteiger partial charge >= 0.3 is 0 Å². The number of nitrogens with two attached hydrogens (primary N) is 2. The van der Waals surface area contributed by atoms with Crippen molar-refractivity contribution in [3.63, 3.8) is 0 Å². The quantitative estimate of drug-likeness (QED) is 0.326. The second-order valence-electron chi connectivity index (χ2n) is 6.23. The van der Waals surface area contributed by atoms with E-state index in [-0.39, 0.29) is 28.1 Å². The summed E-state index contributed by atoms with van der Waals surface area (Å²) in [5.74, 6) is -0.733. The van der Waals surface area contributed by atoms with Crippen molar-refractivity contribution in [1.82, 2.24) is 19.5 Å². The third-order valence-corrected chi connectivity index (χ3v) is 4.68. The first-order valence-corrected chi connectivity index (χ1v) is 8.16. The molecule has 1 fully saturated rings. The highest BCUT2D eigenvalue weighted by Gasteiger charge is 2.45. The molecule has 1 aliphatic heterocycles. The summed E-state index contributed by atoms with van der Waals surface area (Å²) in [7, 11) is 0. The number of fused-ring (bicyclic) bond motifs is 1. The molecule has 3 aromatic heterocycles. The molecule has 0 aromatic carbocycles. The molecule has 27 heavy (non-hydrogen) atoms. The first-order valence-electron chi connectivity index (χ1n) is 8.16. The summed E-state index contributed by atoms with van der Waals surface area (Å²) in [5.41, 5.74) is 12.6. The largest absolute Gasteiger partial charge is 0.394 e. The molecule has 1 saturated heterocycles. The number of amides is 1. The van der Waals surface area contributed by atoms with E-state index in [1.54, 1.807) is 18.3 Å². The molecule has 0 unspecified atom stereocenters. The molecule has 3 aromatic rings. The first kappa shape index (κ1) is 17.4. The number of aromatic nitrogens is 4. The molecule has 4 heterocycles. The number of carbonyl (C=O) groups is 1. The van der Waals surface area contributed by atoms with Gasteiger partial charge in [0.2, 0.25) is 0 Å². The number of nitrogens with zero attached hydrogens (tertiary/aromatic N) is 3. The van der Waals surface area contributed by atoms with Gasteiger partial charge in [-0.3, -0.25) is 9.36 Å². The minimum absolute atomic E-state index is 0.0344. The summed E-state index contributed by atoms with van der Waals surface area (Å²) in [6.45, 7) is -0.494. The highest BCUT2D eigenvalue weighted by atomic mass is 16.6. The second-order valence-corrected chi connectivity index (χ2v) is 6.23. The van der Waals surface area contributed by atoms with Crippen molar-refractivity contribution < 1.29 is 24.9 Å². The molecule has 142 valence electrons. The number of aliphatic hydroxyl groups is 3. The summed E-state index contributed by atoms with van der Waals surface area (Å²) in [5, 5.41) is 30.3. The van der Waals surface area contributed by atoms with Gasteiger partial charge in [-0.2, -0.15) is 0 Å². The predicted molar refractivity (Wildman–Crippen MR) is 93.3 cm³/mol. The van der Waals surface area contributed by atoms with Gasteiger partial charge in [-0.05, 0) is 12.1 Å². The van der Waals surface area contributed by atoms with E-state index in [0.717, 1.165) is 0 Å². The van der Waals surface area contributed by atoms with Crippen LogP contribution in [0.2, 0.25) is 0 Å². The van der Waals surface area contributed by atoms with Gasteiger partial charge in [0.1, 0.15) is 36.1 Å². The van der Waals surface area contributed by atoms with Crippen LogP contribution in [0, 0.1) is 0 Å². The smallest absolute Gasteiger partial charge is 0.251 e. The number of H-pyrrole nitrogens is 1. The van der Waals surface area contributed by atoms with E-state index in [9.17, 15) is 20.1 Å². The van der Waals surface area contributed by atoms with E-state index in [4.69, 9.17) is 16.2 Å². The van der Waals surface area contributed by atoms with Crippen LogP contribution in [0.4, 0.5) is 5.82 Å². The number of ether oxygens (including phenoxy) is 1. The number of hydrogen-bond acceptors (Lipinski definition) is 8. The monoisotopic (exact) mass is 374 g/mol. The van der Waals surface area contributed by atoms with Crippen LogP contribution in [0.5, 0.6) is 0 Å². The Labute approximate surface area is 152 Å². The zero-order valence-electron chi connectivity index (χ0n) is 14.0.